The minimum atomic E-state index is -0.139. The minimum Gasteiger partial charge on any atom is -0.494 e. The molecule has 6 heteroatoms. The van der Waals surface area contributed by atoms with Gasteiger partial charge in [0, 0.05) is 34.3 Å². The van der Waals surface area contributed by atoms with Gasteiger partial charge in [-0.15, -0.1) is 0 Å². The number of aromatic hydroxyl groups is 1. The van der Waals surface area contributed by atoms with E-state index in [2.05, 4.69) is 20.5 Å². The van der Waals surface area contributed by atoms with Crippen LogP contribution in [0.1, 0.15) is 12.5 Å². The number of benzene rings is 2. The molecule has 0 fully saturated rings. The van der Waals surface area contributed by atoms with E-state index < -0.39 is 0 Å². The second-order valence-electron chi connectivity index (χ2n) is 5.64. The fourth-order valence-electron chi connectivity index (χ4n) is 2.79. The Morgan fingerprint density at radius 2 is 2.12 bits per heavy atom. The van der Waals surface area contributed by atoms with Crippen molar-refractivity contribution in [2.24, 2.45) is 10.2 Å². The summed E-state index contributed by atoms with van der Waals surface area (Å²) in [4.78, 5) is 14.2. The van der Waals surface area contributed by atoms with Gasteiger partial charge in [-0.3, -0.25) is 4.79 Å². The van der Waals surface area contributed by atoms with E-state index in [4.69, 9.17) is 0 Å². The molecule has 0 saturated heterocycles. The van der Waals surface area contributed by atoms with Gasteiger partial charge in [0.2, 0.25) is 5.91 Å². The molecule has 0 spiro atoms. The lowest BCUT2D eigenvalue weighted by Gasteiger charge is -2.02. The van der Waals surface area contributed by atoms with E-state index in [0.717, 1.165) is 27.0 Å². The number of rotatable bonds is 2. The number of fused-ring (bicyclic) bond motifs is 2. The quantitative estimate of drug-likeness (QED) is 0.677. The predicted octanol–water partition coefficient (Wildman–Crippen LogP) is 2.50. The number of H-pyrrole nitrogens is 1. The Labute approximate surface area is 136 Å². The van der Waals surface area contributed by atoms with E-state index in [1.807, 2.05) is 36.4 Å². The number of carbonyl (C=O) groups excluding carboxylic acids is 1. The largest absolute Gasteiger partial charge is 0.494 e. The predicted molar refractivity (Wildman–Crippen MR) is 92.5 cm³/mol. The van der Waals surface area contributed by atoms with Crippen molar-refractivity contribution < 1.29 is 9.90 Å². The summed E-state index contributed by atoms with van der Waals surface area (Å²) in [6.45, 7) is 1.46. The number of aromatic nitrogens is 1. The van der Waals surface area contributed by atoms with Crippen molar-refractivity contribution in [2.75, 3.05) is 5.32 Å². The van der Waals surface area contributed by atoms with Gasteiger partial charge in [0.1, 0.15) is 0 Å². The van der Waals surface area contributed by atoms with Crippen molar-refractivity contribution in [3.05, 3.63) is 52.4 Å². The molecule has 0 atom stereocenters. The summed E-state index contributed by atoms with van der Waals surface area (Å²) < 4.78 is 0. The third-order valence-corrected chi connectivity index (χ3v) is 3.87. The minimum absolute atomic E-state index is 0.0821. The van der Waals surface area contributed by atoms with Crippen LogP contribution < -0.4 is 15.8 Å². The topological polar surface area (TPSA) is 89.8 Å². The Kier molecular flexibility index (Phi) is 3.16. The van der Waals surface area contributed by atoms with Gasteiger partial charge in [-0.05, 0) is 35.6 Å². The monoisotopic (exact) mass is 318 g/mol. The number of nitrogens with zero attached hydrogens (tertiary/aromatic N) is 2. The molecule has 24 heavy (non-hydrogen) atoms. The van der Waals surface area contributed by atoms with E-state index in [9.17, 15) is 9.90 Å². The molecule has 2 heterocycles. The van der Waals surface area contributed by atoms with Crippen LogP contribution in [0, 0.1) is 0 Å². The zero-order valence-electron chi connectivity index (χ0n) is 12.9. The van der Waals surface area contributed by atoms with Crippen LogP contribution in [0.15, 0.2) is 46.6 Å². The molecule has 1 amide bonds. The zero-order chi connectivity index (χ0) is 16.7. The number of carbonyl (C=O) groups is 1. The van der Waals surface area contributed by atoms with E-state index in [1.165, 1.54) is 6.92 Å². The highest BCUT2D eigenvalue weighted by molar-refractivity contribution is 5.97. The van der Waals surface area contributed by atoms with Crippen LogP contribution in [-0.4, -0.2) is 16.0 Å². The van der Waals surface area contributed by atoms with Crippen molar-refractivity contribution >= 4 is 40.5 Å². The highest BCUT2D eigenvalue weighted by Gasteiger charge is 2.10. The molecule has 3 aromatic rings. The van der Waals surface area contributed by atoms with Crippen molar-refractivity contribution in [3.63, 3.8) is 0 Å². The van der Waals surface area contributed by atoms with Crippen LogP contribution in [0.3, 0.4) is 0 Å². The smallest absolute Gasteiger partial charge is 0.221 e. The van der Waals surface area contributed by atoms with Crippen LogP contribution in [0.25, 0.3) is 23.2 Å². The van der Waals surface area contributed by atoms with Gasteiger partial charge < -0.3 is 15.4 Å². The summed E-state index contributed by atoms with van der Waals surface area (Å²) in [6, 6.07) is 11.2. The first-order valence-electron chi connectivity index (χ1n) is 7.45. The molecule has 118 valence electrons. The zero-order valence-corrected chi connectivity index (χ0v) is 12.9. The van der Waals surface area contributed by atoms with Gasteiger partial charge in [-0.1, -0.05) is 12.1 Å². The number of hydrogen-bond acceptors (Lipinski definition) is 4. The average Bonchev–Trinajstić information content (AvgIpc) is 3.12. The van der Waals surface area contributed by atoms with Gasteiger partial charge in [-0.25, -0.2) is 0 Å². The molecule has 6 nitrogen and oxygen atoms in total. The summed E-state index contributed by atoms with van der Waals surface area (Å²) in [6.07, 6.45) is 3.59. The fraction of sp³-hybridized carbons (Fsp3) is 0.0556. The first-order valence-corrected chi connectivity index (χ1v) is 7.45. The first-order chi connectivity index (χ1) is 11.6. The molecular weight excluding hydrogens is 304 g/mol. The first kappa shape index (κ1) is 14.2. The fourth-order valence-corrected chi connectivity index (χ4v) is 2.79. The number of azo groups is 1. The number of anilines is 1. The molecule has 0 bridgehead atoms. The molecule has 0 saturated carbocycles. The third kappa shape index (κ3) is 2.44. The van der Waals surface area contributed by atoms with Crippen molar-refractivity contribution in [1.29, 1.82) is 0 Å². The van der Waals surface area contributed by atoms with E-state index in [1.54, 1.807) is 12.3 Å². The van der Waals surface area contributed by atoms with E-state index >= 15 is 0 Å². The van der Waals surface area contributed by atoms with Crippen LogP contribution in [-0.2, 0) is 4.79 Å². The Morgan fingerprint density at radius 3 is 2.96 bits per heavy atom. The highest BCUT2D eigenvalue weighted by Crippen LogP contribution is 2.30. The molecule has 1 aromatic heterocycles. The summed E-state index contributed by atoms with van der Waals surface area (Å²) in [5.41, 5.74) is 2.95. The summed E-state index contributed by atoms with van der Waals surface area (Å²) in [5, 5.41) is 23.6. The van der Waals surface area contributed by atoms with E-state index in [-0.39, 0.29) is 11.8 Å². The van der Waals surface area contributed by atoms with Gasteiger partial charge in [0.05, 0.1) is 11.9 Å². The maximum absolute atomic E-state index is 11.2. The van der Waals surface area contributed by atoms with Crippen LogP contribution >= 0.6 is 0 Å². The summed E-state index contributed by atoms with van der Waals surface area (Å²) in [7, 11) is 0. The molecule has 4 rings (SSSR count). The van der Waals surface area contributed by atoms with Crippen molar-refractivity contribution in [2.45, 2.75) is 6.92 Å². The molecular formula is C18H14N4O2. The Hall–Kier alpha value is -3.41. The lowest BCUT2D eigenvalue weighted by atomic mass is 10.1. The van der Waals surface area contributed by atoms with Crippen LogP contribution in [0.2, 0.25) is 0 Å². The number of nitrogens with one attached hydrogen (secondary N) is 2. The second kappa shape index (κ2) is 5.34. The molecule has 3 N–H and O–H groups in total. The van der Waals surface area contributed by atoms with Crippen molar-refractivity contribution in [3.8, 4) is 5.88 Å². The lowest BCUT2D eigenvalue weighted by Crippen LogP contribution is -2.06. The molecule has 0 unspecified atom stereocenters. The molecule has 2 aromatic carbocycles. The van der Waals surface area contributed by atoms with Gasteiger partial charge in [0.15, 0.2) is 5.88 Å². The highest BCUT2D eigenvalue weighted by atomic mass is 16.3. The number of amides is 1. The van der Waals surface area contributed by atoms with Crippen LogP contribution in [0.4, 0.5) is 11.4 Å². The maximum atomic E-state index is 11.2. The lowest BCUT2D eigenvalue weighted by molar-refractivity contribution is -0.114. The molecule has 0 aliphatic carbocycles. The number of hydrogen-bond donors (Lipinski definition) is 3. The van der Waals surface area contributed by atoms with Gasteiger partial charge >= 0.3 is 0 Å². The van der Waals surface area contributed by atoms with Gasteiger partial charge in [-0.2, -0.15) is 10.2 Å². The Balaban J connectivity index is 1.88. The van der Waals surface area contributed by atoms with Crippen LogP contribution in [0.5, 0.6) is 5.88 Å². The molecule has 0 radical (unpaired) electrons. The normalized spacial score (nSPS) is 13.1. The van der Waals surface area contributed by atoms with E-state index in [0.29, 0.717) is 11.3 Å². The summed E-state index contributed by atoms with van der Waals surface area (Å²) in [5.74, 6) is -0.0569. The second-order valence-corrected chi connectivity index (χ2v) is 5.64. The summed E-state index contributed by atoms with van der Waals surface area (Å²) >= 11 is 0. The maximum Gasteiger partial charge on any atom is 0.221 e. The Morgan fingerprint density at radius 1 is 1.25 bits per heavy atom. The number of aromatic amines is 1. The molecule has 1 aliphatic rings. The molecule has 1 aliphatic heterocycles. The third-order valence-electron chi connectivity index (χ3n) is 3.87. The van der Waals surface area contributed by atoms with Gasteiger partial charge in [0.25, 0.3) is 0 Å². The Bertz CT molecular complexity index is 1130. The standard InChI is InChI=1S/C18H14N4O2/c1-10(23)20-13-4-5-16-14(8-13)15(18(24)21-16)6-11-2-3-12-9-19-22-17(12)7-11/h2-9,21,24H,1H3,(H,20,23). The SMILES string of the molecule is CC(=O)Nc1ccc2[nH]c(O)c(C=c3ccc4c(c3)N=NC=4)c2c1. The van der Waals surface area contributed by atoms with Crippen molar-refractivity contribution in [1.82, 2.24) is 4.98 Å². The average molecular weight is 318 g/mol.